The Morgan fingerprint density at radius 2 is 2.08 bits per heavy atom. The molecule has 0 radical (unpaired) electrons. The third-order valence-electron chi connectivity index (χ3n) is 3.86. The van der Waals surface area contributed by atoms with Crippen molar-refractivity contribution in [2.24, 2.45) is 4.99 Å². The number of aliphatic imine (C=N–C) groups is 1. The molecule has 0 bridgehead atoms. The first-order valence-electron chi connectivity index (χ1n) is 8.14. The van der Waals surface area contributed by atoms with Crippen molar-refractivity contribution in [3.63, 3.8) is 0 Å². The Hall–Kier alpha value is -1.35. The third kappa shape index (κ3) is 5.94. The Balaban J connectivity index is 1.67. The van der Waals surface area contributed by atoms with E-state index in [0.717, 1.165) is 42.4 Å². The van der Waals surface area contributed by atoms with Crippen LogP contribution in [0.25, 0.3) is 0 Å². The van der Waals surface area contributed by atoms with Crippen LogP contribution in [-0.2, 0) is 12.6 Å². The number of guanidine groups is 1. The fourth-order valence-corrected chi connectivity index (χ4v) is 3.23. The van der Waals surface area contributed by atoms with Crippen LogP contribution in [-0.4, -0.2) is 55.1 Å². The summed E-state index contributed by atoms with van der Waals surface area (Å²) in [7, 11) is 1.68. The normalized spacial score (nSPS) is 15.8. The van der Waals surface area contributed by atoms with Gasteiger partial charge in [0.05, 0.1) is 5.01 Å². The highest BCUT2D eigenvalue weighted by Gasteiger charge is 2.33. The highest BCUT2D eigenvalue weighted by Crippen LogP contribution is 2.30. The van der Waals surface area contributed by atoms with Crippen molar-refractivity contribution in [1.82, 2.24) is 20.5 Å². The molecule has 0 unspecified atom stereocenters. The lowest BCUT2D eigenvalue weighted by molar-refractivity contribution is -0.140. The quantitative estimate of drug-likeness (QED) is 0.550. The van der Waals surface area contributed by atoms with Crippen LogP contribution < -0.4 is 10.6 Å². The van der Waals surface area contributed by atoms with E-state index in [4.69, 9.17) is 0 Å². The van der Waals surface area contributed by atoms with Gasteiger partial charge in [-0.15, -0.1) is 11.3 Å². The second-order valence-corrected chi connectivity index (χ2v) is 6.60. The molecule has 1 aliphatic rings. The van der Waals surface area contributed by atoms with E-state index in [0.29, 0.717) is 23.9 Å². The molecule has 1 aromatic rings. The number of halogens is 3. The molecule has 1 heterocycles. The smallest absolute Gasteiger partial charge is 0.356 e. The van der Waals surface area contributed by atoms with Gasteiger partial charge in [0.15, 0.2) is 11.7 Å². The minimum Gasteiger partial charge on any atom is -0.356 e. The Labute approximate surface area is 144 Å². The van der Waals surface area contributed by atoms with E-state index in [1.807, 2.05) is 0 Å². The summed E-state index contributed by atoms with van der Waals surface area (Å²) in [6.07, 6.45) is -1.36. The lowest BCUT2D eigenvalue weighted by atomic mass is 10.4. The van der Waals surface area contributed by atoms with Crippen LogP contribution in [0, 0.1) is 0 Å². The number of nitrogens with zero attached hydrogens (tertiary/aromatic N) is 3. The maximum atomic E-state index is 12.5. The molecule has 0 atom stereocenters. The molecule has 2 rings (SSSR count). The lowest BCUT2D eigenvalue weighted by Gasteiger charge is -2.20. The van der Waals surface area contributed by atoms with E-state index in [-0.39, 0.29) is 0 Å². The maximum absolute atomic E-state index is 12.5. The second-order valence-electron chi connectivity index (χ2n) is 5.66. The molecule has 1 aliphatic carbocycles. The Kier molecular flexibility index (Phi) is 6.85. The SMILES string of the molecule is CCN(CCNC(=NC)NCCc1nc(C(F)(F)F)cs1)C1CC1. The van der Waals surface area contributed by atoms with Gasteiger partial charge < -0.3 is 10.6 Å². The van der Waals surface area contributed by atoms with Gasteiger partial charge in [-0.3, -0.25) is 9.89 Å². The number of hydrogen-bond acceptors (Lipinski definition) is 4. The van der Waals surface area contributed by atoms with Crippen LogP contribution >= 0.6 is 11.3 Å². The van der Waals surface area contributed by atoms with E-state index in [1.165, 1.54) is 12.8 Å². The van der Waals surface area contributed by atoms with E-state index in [1.54, 1.807) is 7.05 Å². The largest absolute Gasteiger partial charge is 0.434 e. The number of likely N-dealkylation sites (N-methyl/N-ethyl adjacent to an activating group) is 1. The highest BCUT2D eigenvalue weighted by atomic mass is 32.1. The fraction of sp³-hybridized carbons (Fsp3) is 0.733. The van der Waals surface area contributed by atoms with Crippen LogP contribution in [0.4, 0.5) is 13.2 Å². The van der Waals surface area contributed by atoms with Crippen LogP contribution in [0.1, 0.15) is 30.5 Å². The molecule has 24 heavy (non-hydrogen) atoms. The lowest BCUT2D eigenvalue weighted by Crippen LogP contribution is -2.42. The van der Waals surface area contributed by atoms with Crippen LogP contribution in [0.5, 0.6) is 0 Å². The number of thiazole rings is 1. The molecule has 0 aromatic carbocycles. The Bertz CT molecular complexity index is 539. The van der Waals surface area contributed by atoms with E-state index in [9.17, 15) is 13.2 Å². The maximum Gasteiger partial charge on any atom is 0.434 e. The number of alkyl halides is 3. The van der Waals surface area contributed by atoms with Gasteiger partial charge in [0.25, 0.3) is 0 Å². The summed E-state index contributed by atoms with van der Waals surface area (Å²) < 4.78 is 37.5. The number of rotatable bonds is 8. The molecule has 5 nitrogen and oxygen atoms in total. The molecule has 0 spiro atoms. The van der Waals surface area contributed by atoms with Gasteiger partial charge in [0, 0.05) is 44.5 Å². The molecule has 9 heteroatoms. The van der Waals surface area contributed by atoms with E-state index in [2.05, 4.69) is 32.4 Å². The van der Waals surface area contributed by atoms with Crippen molar-refractivity contribution in [2.75, 3.05) is 33.2 Å². The first-order valence-corrected chi connectivity index (χ1v) is 9.02. The molecule has 0 aliphatic heterocycles. The first-order chi connectivity index (χ1) is 11.4. The van der Waals surface area contributed by atoms with Crippen LogP contribution in [0.3, 0.4) is 0 Å². The average molecular weight is 363 g/mol. The Morgan fingerprint density at radius 3 is 2.62 bits per heavy atom. The predicted octanol–water partition coefficient (Wildman–Crippen LogP) is 2.35. The van der Waals surface area contributed by atoms with Gasteiger partial charge in [-0.05, 0) is 19.4 Å². The van der Waals surface area contributed by atoms with Crippen molar-refractivity contribution in [3.05, 3.63) is 16.1 Å². The van der Waals surface area contributed by atoms with Crippen LogP contribution in [0.15, 0.2) is 10.4 Å². The standard InChI is InChI=1S/C15H24F3N5S/c1-3-23(11-4-5-11)9-8-21-14(19-2)20-7-6-13-22-12(10-24-13)15(16,17)18/h10-11H,3-9H2,1-2H3,(H2,19,20,21). The molecule has 1 saturated carbocycles. The minimum atomic E-state index is -4.37. The predicted molar refractivity (Wildman–Crippen MR) is 90.5 cm³/mol. The summed E-state index contributed by atoms with van der Waals surface area (Å²) in [6, 6.07) is 0.736. The van der Waals surface area contributed by atoms with E-state index < -0.39 is 11.9 Å². The van der Waals surface area contributed by atoms with Crippen molar-refractivity contribution in [1.29, 1.82) is 0 Å². The molecule has 1 fully saturated rings. The van der Waals surface area contributed by atoms with Crippen molar-refractivity contribution in [2.45, 2.75) is 38.4 Å². The first kappa shape index (κ1) is 19.0. The summed E-state index contributed by atoms with van der Waals surface area (Å²) in [5.41, 5.74) is -0.815. The summed E-state index contributed by atoms with van der Waals surface area (Å²) in [5, 5.41) is 7.86. The van der Waals surface area contributed by atoms with Gasteiger partial charge in [0.2, 0.25) is 0 Å². The van der Waals surface area contributed by atoms with E-state index >= 15 is 0 Å². The van der Waals surface area contributed by atoms with Crippen molar-refractivity contribution < 1.29 is 13.2 Å². The van der Waals surface area contributed by atoms with Crippen molar-refractivity contribution >= 4 is 17.3 Å². The summed E-state index contributed by atoms with van der Waals surface area (Å²) in [6.45, 7) is 5.45. The Morgan fingerprint density at radius 1 is 1.38 bits per heavy atom. The molecule has 2 N–H and O–H groups in total. The molecule has 136 valence electrons. The third-order valence-corrected chi connectivity index (χ3v) is 4.77. The zero-order chi connectivity index (χ0) is 17.6. The summed E-state index contributed by atoms with van der Waals surface area (Å²) in [4.78, 5) is 10.2. The molecule has 0 saturated heterocycles. The molecule has 1 aromatic heterocycles. The van der Waals surface area contributed by atoms with Crippen molar-refractivity contribution in [3.8, 4) is 0 Å². The monoisotopic (exact) mass is 363 g/mol. The van der Waals surface area contributed by atoms with Gasteiger partial charge in [-0.2, -0.15) is 13.2 Å². The number of hydrogen-bond donors (Lipinski definition) is 2. The van der Waals surface area contributed by atoms with Gasteiger partial charge in [0.1, 0.15) is 0 Å². The molecular weight excluding hydrogens is 339 g/mol. The van der Waals surface area contributed by atoms with Gasteiger partial charge >= 0.3 is 6.18 Å². The molecule has 0 amide bonds. The topological polar surface area (TPSA) is 52.5 Å². The average Bonchev–Trinajstić information content (AvgIpc) is 3.26. The zero-order valence-electron chi connectivity index (χ0n) is 14.0. The molecular formula is C15H24F3N5S. The summed E-state index contributed by atoms with van der Waals surface area (Å²) >= 11 is 1.03. The van der Waals surface area contributed by atoms with Gasteiger partial charge in [-0.25, -0.2) is 4.98 Å². The van der Waals surface area contributed by atoms with Gasteiger partial charge in [-0.1, -0.05) is 6.92 Å². The number of nitrogens with one attached hydrogen (secondary N) is 2. The second kappa shape index (κ2) is 8.66. The summed E-state index contributed by atoms with van der Waals surface area (Å²) in [5.74, 6) is 0.662. The highest BCUT2D eigenvalue weighted by molar-refractivity contribution is 7.09. The van der Waals surface area contributed by atoms with Crippen LogP contribution in [0.2, 0.25) is 0 Å². The minimum absolute atomic E-state index is 0.435. The number of aromatic nitrogens is 1. The zero-order valence-corrected chi connectivity index (χ0v) is 14.8. The fourth-order valence-electron chi connectivity index (χ4n) is 2.42.